The molecule has 0 radical (unpaired) electrons. The fraction of sp³-hybridized carbons (Fsp3) is 0.875. The summed E-state index contributed by atoms with van der Waals surface area (Å²) in [5.74, 6) is 0.275. The maximum Gasteiger partial charge on any atom is 0.213 e. The van der Waals surface area contributed by atoms with Gasteiger partial charge in [-0.2, -0.15) is 0 Å². The minimum absolute atomic E-state index is 0.275. The molecule has 1 aliphatic heterocycles. The van der Waals surface area contributed by atoms with Crippen LogP contribution >= 0.6 is 0 Å². The molecule has 64 valence electrons. The third-order valence-electron chi connectivity index (χ3n) is 1.99. The van der Waals surface area contributed by atoms with Crippen molar-refractivity contribution in [3.63, 3.8) is 0 Å². The van der Waals surface area contributed by atoms with E-state index in [1.54, 1.807) is 0 Å². The Kier molecular flexibility index (Phi) is 2.49. The molecule has 1 heterocycles. The molecule has 1 atom stereocenters. The Labute approximate surface area is 67.2 Å². The lowest BCUT2D eigenvalue weighted by atomic mass is 10.0. The predicted octanol–water partition coefficient (Wildman–Crippen LogP) is 1.57. The molecule has 0 saturated carbocycles. The highest BCUT2D eigenvalue weighted by atomic mass is 16.6. The molecule has 0 aliphatic carbocycles. The molecule has 0 spiro atoms. The summed E-state index contributed by atoms with van der Waals surface area (Å²) >= 11 is 0. The summed E-state index contributed by atoms with van der Waals surface area (Å²) < 4.78 is 10.5. The summed E-state index contributed by atoms with van der Waals surface area (Å²) in [6, 6.07) is 0. The Balaban J connectivity index is 2.49. The van der Waals surface area contributed by atoms with Crippen LogP contribution in [0.25, 0.3) is 0 Å². The number of hydrogen-bond acceptors (Lipinski definition) is 3. The van der Waals surface area contributed by atoms with E-state index >= 15 is 0 Å². The molecule has 1 N–H and O–H groups in total. The van der Waals surface area contributed by atoms with Crippen LogP contribution in [0, 0.1) is 5.41 Å². The van der Waals surface area contributed by atoms with Crippen molar-refractivity contribution < 1.29 is 9.47 Å². The number of rotatable bonds is 2. The average molecular weight is 157 g/mol. The van der Waals surface area contributed by atoms with Crippen LogP contribution < -0.4 is 0 Å². The van der Waals surface area contributed by atoms with Gasteiger partial charge in [-0.3, -0.25) is 5.41 Å². The Morgan fingerprint density at radius 2 is 2.45 bits per heavy atom. The highest BCUT2D eigenvalue weighted by Crippen LogP contribution is 2.26. The lowest BCUT2D eigenvalue weighted by Crippen LogP contribution is -2.35. The van der Waals surface area contributed by atoms with E-state index in [9.17, 15) is 0 Å². The zero-order valence-electron chi connectivity index (χ0n) is 7.14. The largest absolute Gasteiger partial charge is 0.479 e. The van der Waals surface area contributed by atoms with Gasteiger partial charge in [0, 0.05) is 6.61 Å². The van der Waals surface area contributed by atoms with Crippen LogP contribution in [0.5, 0.6) is 0 Å². The molecule has 1 unspecified atom stereocenters. The van der Waals surface area contributed by atoms with E-state index in [4.69, 9.17) is 14.9 Å². The molecule has 1 saturated heterocycles. The second kappa shape index (κ2) is 3.22. The van der Waals surface area contributed by atoms with Gasteiger partial charge >= 0.3 is 0 Å². The second-order valence-corrected chi connectivity index (χ2v) is 2.95. The zero-order chi connectivity index (χ0) is 8.32. The lowest BCUT2D eigenvalue weighted by Gasteiger charge is -2.22. The fourth-order valence-corrected chi connectivity index (χ4v) is 1.26. The summed E-state index contributed by atoms with van der Waals surface area (Å²) in [7, 11) is 0. The first kappa shape index (κ1) is 8.53. The fourth-order valence-electron chi connectivity index (χ4n) is 1.26. The first-order valence-electron chi connectivity index (χ1n) is 4.05. The molecule has 11 heavy (non-hydrogen) atoms. The van der Waals surface area contributed by atoms with Crippen molar-refractivity contribution in [3.8, 4) is 0 Å². The summed E-state index contributed by atoms with van der Waals surface area (Å²) in [4.78, 5) is 0. The van der Waals surface area contributed by atoms with Crippen LogP contribution in [0.15, 0.2) is 0 Å². The van der Waals surface area contributed by atoms with Gasteiger partial charge in [0.2, 0.25) is 5.90 Å². The van der Waals surface area contributed by atoms with E-state index in [1.807, 2.05) is 13.8 Å². The van der Waals surface area contributed by atoms with Crippen molar-refractivity contribution in [2.75, 3.05) is 13.2 Å². The van der Waals surface area contributed by atoms with Crippen LogP contribution in [0.1, 0.15) is 26.7 Å². The normalized spacial score (nSPS) is 30.4. The Bertz CT molecular complexity index is 150. The van der Waals surface area contributed by atoms with Gasteiger partial charge in [0.05, 0.1) is 6.61 Å². The van der Waals surface area contributed by atoms with Crippen LogP contribution in [-0.2, 0) is 9.47 Å². The standard InChI is InChI=1S/C8H15NO2/c1-3-10-7(9)8(2)5-4-6-11-8/h9H,3-6H2,1-2H3. The van der Waals surface area contributed by atoms with Gasteiger partial charge in [-0.25, -0.2) is 0 Å². The monoisotopic (exact) mass is 157 g/mol. The quantitative estimate of drug-likeness (QED) is 0.488. The van der Waals surface area contributed by atoms with Gasteiger partial charge in [0.25, 0.3) is 0 Å². The minimum atomic E-state index is -0.435. The molecule has 0 aromatic carbocycles. The van der Waals surface area contributed by atoms with Gasteiger partial charge in [-0.1, -0.05) is 0 Å². The smallest absolute Gasteiger partial charge is 0.213 e. The summed E-state index contributed by atoms with van der Waals surface area (Å²) in [5.41, 5.74) is -0.435. The van der Waals surface area contributed by atoms with Crippen molar-refractivity contribution >= 4 is 5.90 Å². The van der Waals surface area contributed by atoms with E-state index in [0.717, 1.165) is 19.4 Å². The molecular weight excluding hydrogens is 142 g/mol. The van der Waals surface area contributed by atoms with Crippen molar-refractivity contribution in [2.24, 2.45) is 0 Å². The van der Waals surface area contributed by atoms with E-state index in [2.05, 4.69) is 0 Å². The first-order valence-corrected chi connectivity index (χ1v) is 4.05. The van der Waals surface area contributed by atoms with Crippen LogP contribution in [0.2, 0.25) is 0 Å². The minimum Gasteiger partial charge on any atom is -0.479 e. The number of hydrogen-bond donors (Lipinski definition) is 1. The Morgan fingerprint density at radius 3 is 2.91 bits per heavy atom. The number of nitrogens with one attached hydrogen (secondary N) is 1. The molecule has 0 amide bonds. The Hall–Kier alpha value is -0.570. The molecule has 1 aliphatic rings. The number of ether oxygens (including phenoxy) is 2. The van der Waals surface area contributed by atoms with Crippen molar-refractivity contribution in [1.29, 1.82) is 5.41 Å². The molecule has 0 aromatic rings. The van der Waals surface area contributed by atoms with Gasteiger partial charge in [-0.05, 0) is 26.7 Å². The molecule has 0 bridgehead atoms. The van der Waals surface area contributed by atoms with Gasteiger partial charge in [-0.15, -0.1) is 0 Å². The molecule has 0 aromatic heterocycles. The van der Waals surface area contributed by atoms with Crippen molar-refractivity contribution in [1.82, 2.24) is 0 Å². The van der Waals surface area contributed by atoms with Crippen LogP contribution in [-0.4, -0.2) is 24.7 Å². The predicted molar refractivity (Wildman–Crippen MR) is 42.9 cm³/mol. The highest BCUT2D eigenvalue weighted by molar-refractivity contribution is 5.82. The maximum absolute atomic E-state index is 7.54. The first-order chi connectivity index (χ1) is 5.19. The van der Waals surface area contributed by atoms with Gasteiger partial charge < -0.3 is 9.47 Å². The lowest BCUT2D eigenvalue weighted by molar-refractivity contribution is 0.0536. The third-order valence-corrected chi connectivity index (χ3v) is 1.99. The van der Waals surface area contributed by atoms with Gasteiger partial charge in [0.1, 0.15) is 5.60 Å². The summed E-state index contributed by atoms with van der Waals surface area (Å²) in [6.07, 6.45) is 1.94. The molecule has 1 fully saturated rings. The van der Waals surface area contributed by atoms with Crippen molar-refractivity contribution in [3.05, 3.63) is 0 Å². The third kappa shape index (κ3) is 1.71. The van der Waals surface area contributed by atoms with E-state index in [-0.39, 0.29) is 5.90 Å². The summed E-state index contributed by atoms with van der Waals surface area (Å²) in [6.45, 7) is 5.11. The molecule has 3 heteroatoms. The Morgan fingerprint density at radius 1 is 1.73 bits per heavy atom. The molecule has 3 nitrogen and oxygen atoms in total. The van der Waals surface area contributed by atoms with Crippen LogP contribution in [0.3, 0.4) is 0 Å². The molecule has 1 rings (SSSR count). The zero-order valence-corrected chi connectivity index (χ0v) is 7.14. The molecular formula is C8H15NO2. The highest BCUT2D eigenvalue weighted by Gasteiger charge is 2.35. The SMILES string of the molecule is CCOC(=N)C1(C)CCCO1. The topological polar surface area (TPSA) is 42.3 Å². The van der Waals surface area contributed by atoms with E-state index < -0.39 is 5.60 Å². The average Bonchev–Trinajstić information content (AvgIpc) is 2.38. The van der Waals surface area contributed by atoms with Crippen molar-refractivity contribution in [2.45, 2.75) is 32.3 Å². The van der Waals surface area contributed by atoms with Crippen LogP contribution in [0.4, 0.5) is 0 Å². The van der Waals surface area contributed by atoms with Gasteiger partial charge in [0.15, 0.2) is 0 Å². The summed E-state index contributed by atoms with van der Waals surface area (Å²) in [5, 5.41) is 7.54. The van der Waals surface area contributed by atoms with E-state index in [1.165, 1.54) is 0 Å². The second-order valence-electron chi connectivity index (χ2n) is 2.95. The van der Waals surface area contributed by atoms with E-state index in [0.29, 0.717) is 6.61 Å². The maximum atomic E-state index is 7.54.